The number of aliphatic carboxylic acids is 1. The molecule has 90 valence electrons. The highest BCUT2D eigenvalue weighted by Gasteiger charge is 2.09. The Bertz CT molecular complexity index is 497. The van der Waals surface area contributed by atoms with Crippen molar-refractivity contribution in [3.63, 3.8) is 0 Å². The Kier molecular flexibility index (Phi) is 4.54. The third kappa shape index (κ3) is 4.09. The average Bonchev–Trinajstić information content (AvgIpc) is 2.21. The molecule has 0 saturated carbocycles. The van der Waals surface area contributed by atoms with Crippen LogP contribution in [-0.2, 0) is 9.59 Å². The van der Waals surface area contributed by atoms with Crippen LogP contribution in [0.25, 0.3) is 6.08 Å². The number of benzene rings is 1. The number of carboxylic acids is 1. The van der Waals surface area contributed by atoms with Crippen LogP contribution in [0.15, 0.2) is 23.9 Å². The Morgan fingerprint density at radius 1 is 1.29 bits per heavy atom. The highest BCUT2D eigenvalue weighted by molar-refractivity contribution is 6.42. The van der Waals surface area contributed by atoms with E-state index in [0.29, 0.717) is 15.6 Å². The van der Waals surface area contributed by atoms with E-state index in [1.807, 2.05) is 0 Å². The van der Waals surface area contributed by atoms with E-state index in [9.17, 15) is 9.59 Å². The average molecular weight is 274 g/mol. The zero-order valence-electron chi connectivity index (χ0n) is 8.83. The fourth-order valence-corrected chi connectivity index (χ4v) is 1.42. The maximum absolute atomic E-state index is 10.8. The van der Waals surface area contributed by atoms with E-state index in [0.717, 1.165) is 0 Å². The molecule has 0 aliphatic carbocycles. The molecule has 1 aromatic rings. The number of carboxylic acid groups (broad SMARTS) is 1. The highest BCUT2D eigenvalue weighted by atomic mass is 35.5. The summed E-state index contributed by atoms with van der Waals surface area (Å²) < 4.78 is 0. The summed E-state index contributed by atoms with van der Waals surface area (Å²) in [4.78, 5) is 21.7. The van der Waals surface area contributed by atoms with Gasteiger partial charge >= 0.3 is 5.97 Å². The molecule has 4 nitrogen and oxygen atoms in total. The van der Waals surface area contributed by atoms with Crippen LogP contribution in [0.3, 0.4) is 0 Å². The second-order valence-corrected chi connectivity index (χ2v) is 4.03. The minimum atomic E-state index is -1.23. The van der Waals surface area contributed by atoms with Gasteiger partial charge in [0, 0.05) is 6.92 Å². The number of nitrogens with one attached hydrogen (secondary N) is 1. The van der Waals surface area contributed by atoms with Crippen LogP contribution in [-0.4, -0.2) is 17.0 Å². The summed E-state index contributed by atoms with van der Waals surface area (Å²) in [5.74, 6) is -1.69. The maximum atomic E-state index is 10.8. The molecule has 0 atom stereocenters. The highest BCUT2D eigenvalue weighted by Crippen LogP contribution is 2.23. The van der Waals surface area contributed by atoms with Gasteiger partial charge in [-0.2, -0.15) is 0 Å². The molecule has 1 amide bonds. The first kappa shape index (κ1) is 13.5. The van der Waals surface area contributed by atoms with Gasteiger partial charge in [0.25, 0.3) is 0 Å². The lowest BCUT2D eigenvalue weighted by Crippen LogP contribution is -2.24. The maximum Gasteiger partial charge on any atom is 0.352 e. The minimum Gasteiger partial charge on any atom is -0.477 e. The topological polar surface area (TPSA) is 66.4 Å². The van der Waals surface area contributed by atoms with Crippen molar-refractivity contribution in [1.29, 1.82) is 0 Å². The predicted octanol–water partition coefficient (Wildman–Crippen LogP) is 2.56. The number of hydrogen-bond donors (Lipinski definition) is 2. The number of carbonyl (C=O) groups is 2. The normalized spacial score (nSPS) is 11.1. The van der Waals surface area contributed by atoms with Gasteiger partial charge in [0.05, 0.1) is 10.0 Å². The van der Waals surface area contributed by atoms with E-state index in [2.05, 4.69) is 5.32 Å². The molecule has 2 N–H and O–H groups in total. The molecule has 0 saturated heterocycles. The summed E-state index contributed by atoms with van der Waals surface area (Å²) in [7, 11) is 0. The van der Waals surface area contributed by atoms with E-state index >= 15 is 0 Å². The van der Waals surface area contributed by atoms with Crippen molar-refractivity contribution in [3.8, 4) is 0 Å². The number of rotatable bonds is 3. The molecule has 0 heterocycles. The van der Waals surface area contributed by atoms with Crippen molar-refractivity contribution < 1.29 is 14.7 Å². The summed E-state index contributed by atoms with van der Waals surface area (Å²) in [6.45, 7) is 1.23. The van der Waals surface area contributed by atoms with E-state index in [1.165, 1.54) is 19.1 Å². The van der Waals surface area contributed by atoms with Crippen molar-refractivity contribution in [3.05, 3.63) is 39.5 Å². The van der Waals surface area contributed by atoms with Crippen LogP contribution < -0.4 is 5.32 Å². The van der Waals surface area contributed by atoms with Crippen LogP contribution in [0, 0.1) is 0 Å². The first-order valence-corrected chi connectivity index (χ1v) is 5.33. The SMILES string of the molecule is CC(=O)N/C(=C\c1ccc(Cl)c(Cl)c1)C(=O)O. The molecule has 0 aliphatic heterocycles. The molecule has 0 radical (unpaired) electrons. The Morgan fingerprint density at radius 2 is 1.94 bits per heavy atom. The first-order chi connectivity index (χ1) is 7.90. The number of hydrogen-bond acceptors (Lipinski definition) is 2. The van der Waals surface area contributed by atoms with Crippen molar-refractivity contribution in [2.45, 2.75) is 6.92 Å². The van der Waals surface area contributed by atoms with Gasteiger partial charge in [-0.15, -0.1) is 0 Å². The Labute approximate surface area is 108 Å². The van der Waals surface area contributed by atoms with Crippen LogP contribution in [0.4, 0.5) is 0 Å². The van der Waals surface area contributed by atoms with Crippen LogP contribution in [0.2, 0.25) is 10.0 Å². The van der Waals surface area contributed by atoms with E-state index in [1.54, 1.807) is 12.1 Å². The lowest BCUT2D eigenvalue weighted by molar-refractivity contribution is -0.134. The molecule has 0 aliphatic rings. The minimum absolute atomic E-state index is 0.226. The number of carbonyl (C=O) groups excluding carboxylic acids is 1. The first-order valence-electron chi connectivity index (χ1n) is 4.58. The zero-order valence-corrected chi connectivity index (χ0v) is 10.3. The predicted molar refractivity (Wildman–Crippen MR) is 65.9 cm³/mol. The van der Waals surface area contributed by atoms with Gasteiger partial charge in [0.2, 0.25) is 5.91 Å². The Balaban J connectivity index is 3.08. The molecule has 6 heteroatoms. The summed E-state index contributed by atoms with van der Waals surface area (Å²) in [6.07, 6.45) is 1.30. The quantitative estimate of drug-likeness (QED) is 0.832. The molecular formula is C11H9Cl2NO3. The zero-order chi connectivity index (χ0) is 13.0. The lowest BCUT2D eigenvalue weighted by atomic mass is 10.2. The molecular weight excluding hydrogens is 265 g/mol. The molecule has 0 bridgehead atoms. The molecule has 1 rings (SSSR count). The molecule has 0 spiro atoms. The molecule has 0 fully saturated rings. The van der Waals surface area contributed by atoms with Gasteiger partial charge in [0.15, 0.2) is 0 Å². The van der Waals surface area contributed by atoms with E-state index in [4.69, 9.17) is 28.3 Å². The van der Waals surface area contributed by atoms with Gasteiger partial charge in [-0.1, -0.05) is 29.3 Å². The van der Waals surface area contributed by atoms with Crippen molar-refractivity contribution in [1.82, 2.24) is 5.32 Å². The fraction of sp³-hybridized carbons (Fsp3) is 0.0909. The van der Waals surface area contributed by atoms with Gasteiger partial charge in [-0.05, 0) is 23.8 Å². The second-order valence-electron chi connectivity index (χ2n) is 3.22. The van der Waals surface area contributed by atoms with Crippen molar-refractivity contribution >= 4 is 41.2 Å². The third-order valence-electron chi connectivity index (χ3n) is 1.80. The largest absolute Gasteiger partial charge is 0.477 e. The van der Waals surface area contributed by atoms with Gasteiger partial charge in [0.1, 0.15) is 5.70 Å². The Morgan fingerprint density at radius 3 is 2.41 bits per heavy atom. The molecule has 0 aromatic heterocycles. The smallest absolute Gasteiger partial charge is 0.352 e. The number of amides is 1. The van der Waals surface area contributed by atoms with Crippen molar-refractivity contribution in [2.24, 2.45) is 0 Å². The number of halogens is 2. The fourth-order valence-electron chi connectivity index (χ4n) is 1.11. The van der Waals surface area contributed by atoms with Gasteiger partial charge in [-0.3, -0.25) is 4.79 Å². The summed E-state index contributed by atoms with van der Waals surface area (Å²) in [5.41, 5.74) is 0.307. The second kappa shape index (κ2) is 5.70. The Hall–Kier alpha value is -1.52. The van der Waals surface area contributed by atoms with Crippen LogP contribution >= 0.6 is 23.2 Å². The summed E-state index contributed by atoms with van der Waals surface area (Å²) in [6, 6.07) is 4.65. The third-order valence-corrected chi connectivity index (χ3v) is 2.53. The van der Waals surface area contributed by atoms with E-state index in [-0.39, 0.29) is 5.70 Å². The molecule has 17 heavy (non-hydrogen) atoms. The van der Waals surface area contributed by atoms with Crippen molar-refractivity contribution in [2.75, 3.05) is 0 Å². The van der Waals surface area contributed by atoms with Gasteiger partial charge < -0.3 is 10.4 Å². The van der Waals surface area contributed by atoms with Crippen LogP contribution in [0.5, 0.6) is 0 Å². The van der Waals surface area contributed by atoms with E-state index < -0.39 is 11.9 Å². The van der Waals surface area contributed by atoms with Gasteiger partial charge in [-0.25, -0.2) is 4.79 Å². The lowest BCUT2D eigenvalue weighted by Gasteiger charge is -2.03. The molecule has 1 aromatic carbocycles. The standard InChI is InChI=1S/C11H9Cl2NO3/c1-6(15)14-10(11(16)17)5-7-2-3-8(12)9(13)4-7/h2-5H,1H3,(H,14,15)(H,16,17)/b10-5-. The summed E-state index contributed by atoms with van der Waals surface area (Å²) in [5, 5.41) is 11.8. The summed E-state index contributed by atoms with van der Waals surface area (Å²) >= 11 is 11.5. The molecule has 0 unspecified atom stereocenters. The monoisotopic (exact) mass is 273 g/mol. The van der Waals surface area contributed by atoms with Crippen LogP contribution in [0.1, 0.15) is 12.5 Å².